The lowest BCUT2D eigenvalue weighted by molar-refractivity contribution is -0.138. The molecule has 1 amide bonds. The molecule has 1 aromatic rings. The summed E-state index contributed by atoms with van der Waals surface area (Å²) in [4.78, 5) is 27.0. The van der Waals surface area contributed by atoms with Crippen LogP contribution in [-0.4, -0.2) is 40.0 Å². The number of carboxylic acids is 1. The van der Waals surface area contributed by atoms with E-state index < -0.39 is 35.7 Å². The number of carbonyl (C=O) groups is 2. The molecule has 1 aromatic heterocycles. The van der Waals surface area contributed by atoms with Crippen molar-refractivity contribution in [3.8, 4) is 0 Å². The SMILES string of the molecule is CCCN(CC(=O)O)C(=O)c1ccncc1C(F)(F)F. The van der Waals surface area contributed by atoms with Crippen molar-refractivity contribution in [3.05, 3.63) is 29.6 Å². The fraction of sp³-hybridized carbons (Fsp3) is 0.417. The predicted molar refractivity (Wildman–Crippen MR) is 63.1 cm³/mol. The van der Waals surface area contributed by atoms with E-state index in [-0.39, 0.29) is 6.54 Å². The third-order valence-corrected chi connectivity index (χ3v) is 2.46. The number of alkyl halides is 3. The number of rotatable bonds is 5. The van der Waals surface area contributed by atoms with E-state index in [1.165, 1.54) is 0 Å². The van der Waals surface area contributed by atoms with E-state index in [1.807, 2.05) is 0 Å². The molecule has 0 aliphatic rings. The fourth-order valence-electron chi connectivity index (χ4n) is 1.66. The molecule has 0 saturated heterocycles. The largest absolute Gasteiger partial charge is 0.480 e. The molecule has 8 heteroatoms. The highest BCUT2D eigenvalue weighted by Gasteiger charge is 2.36. The Morgan fingerprint density at radius 2 is 2.05 bits per heavy atom. The molecule has 1 rings (SSSR count). The summed E-state index contributed by atoms with van der Waals surface area (Å²) in [5.74, 6) is -2.25. The number of aliphatic carboxylic acids is 1. The van der Waals surface area contributed by atoms with Gasteiger partial charge in [0.1, 0.15) is 6.54 Å². The quantitative estimate of drug-likeness (QED) is 0.900. The van der Waals surface area contributed by atoms with Gasteiger partial charge in [0.2, 0.25) is 0 Å². The van der Waals surface area contributed by atoms with Crippen LogP contribution in [0.5, 0.6) is 0 Å². The standard InChI is InChI=1S/C12H13F3N2O3/c1-2-5-17(7-10(18)19)11(20)8-3-4-16-6-9(8)12(13,14)15/h3-4,6H,2,5,7H2,1H3,(H,18,19). The van der Waals surface area contributed by atoms with Gasteiger partial charge in [-0.1, -0.05) is 6.92 Å². The average Bonchev–Trinajstić information content (AvgIpc) is 2.36. The van der Waals surface area contributed by atoms with Crippen molar-refractivity contribution in [2.24, 2.45) is 0 Å². The summed E-state index contributed by atoms with van der Waals surface area (Å²) in [6.07, 6.45) is -2.67. The molecule has 0 aliphatic carbocycles. The van der Waals surface area contributed by atoms with Crippen LogP contribution in [0.4, 0.5) is 13.2 Å². The third-order valence-electron chi connectivity index (χ3n) is 2.46. The maximum Gasteiger partial charge on any atom is 0.418 e. The first-order valence-electron chi connectivity index (χ1n) is 5.79. The first-order chi connectivity index (χ1) is 9.27. The minimum atomic E-state index is -4.72. The van der Waals surface area contributed by atoms with E-state index in [0.29, 0.717) is 12.6 Å². The lowest BCUT2D eigenvalue weighted by Crippen LogP contribution is -2.37. The fourth-order valence-corrected chi connectivity index (χ4v) is 1.66. The van der Waals surface area contributed by atoms with Gasteiger partial charge in [-0.25, -0.2) is 0 Å². The zero-order chi connectivity index (χ0) is 15.3. The molecule has 5 nitrogen and oxygen atoms in total. The van der Waals surface area contributed by atoms with Gasteiger partial charge in [0, 0.05) is 18.9 Å². The number of aromatic nitrogens is 1. The van der Waals surface area contributed by atoms with Crippen LogP contribution < -0.4 is 0 Å². The number of pyridine rings is 1. The van der Waals surface area contributed by atoms with Crippen LogP contribution in [0.25, 0.3) is 0 Å². The Bertz CT molecular complexity index is 503. The van der Waals surface area contributed by atoms with Gasteiger partial charge in [-0.3, -0.25) is 14.6 Å². The van der Waals surface area contributed by atoms with Gasteiger partial charge < -0.3 is 10.0 Å². The second-order valence-electron chi connectivity index (χ2n) is 4.04. The van der Waals surface area contributed by atoms with Crippen LogP contribution in [0.1, 0.15) is 29.3 Å². The van der Waals surface area contributed by atoms with Gasteiger partial charge >= 0.3 is 12.1 Å². The van der Waals surface area contributed by atoms with Crippen LogP contribution >= 0.6 is 0 Å². The van der Waals surface area contributed by atoms with Crippen molar-refractivity contribution in [2.75, 3.05) is 13.1 Å². The van der Waals surface area contributed by atoms with Crippen molar-refractivity contribution in [1.82, 2.24) is 9.88 Å². The number of nitrogens with zero attached hydrogens (tertiary/aromatic N) is 2. The number of carbonyl (C=O) groups excluding carboxylic acids is 1. The highest BCUT2D eigenvalue weighted by Crippen LogP contribution is 2.31. The van der Waals surface area contributed by atoms with E-state index in [4.69, 9.17) is 5.11 Å². The summed E-state index contributed by atoms with van der Waals surface area (Å²) in [5.41, 5.74) is -1.77. The summed E-state index contributed by atoms with van der Waals surface area (Å²) in [5, 5.41) is 8.71. The molecule has 0 saturated carbocycles. The molecule has 0 aromatic carbocycles. The first kappa shape index (κ1) is 15.9. The topological polar surface area (TPSA) is 70.5 Å². The van der Waals surface area contributed by atoms with Crippen molar-refractivity contribution in [2.45, 2.75) is 19.5 Å². The van der Waals surface area contributed by atoms with E-state index in [0.717, 1.165) is 17.2 Å². The maximum atomic E-state index is 12.8. The number of hydrogen-bond donors (Lipinski definition) is 1. The van der Waals surface area contributed by atoms with Gasteiger partial charge in [0.05, 0.1) is 11.1 Å². The smallest absolute Gasteiger partial charge is 0.418 e. The average molecular weight is 290 g/mol. The van der Waals surface area contributed by atoms with E-state index in [9.17, 15) is 22.8 Å². The van der Waals surface area contributed by atoms with E-state index in [2.05, 4.69) is 4.98 Å². The molecule has 0 aliphatic heterocycles. The van der Waals surface area contributed by atoms with E-state index in [1.54, 1.807) is 6.92 Å². The molecule has 1 N–H and O–H groups in total. The van der Waals surface area contributed by atoms with Crippen molar-refractivity contribution in [1.29, 1.82) is 0 Å². The van der Waals surface area contributed by atoms with Crippen LogP contribution in [0.15, 0.2) is 18.5 Å². The number of carboxylic acid groups (broad SMARTS) is 1. The third kappa shape index (κ3) is 3.94. The number of halogens is 3. The van der Waals surface area contributed by atoms with Crippen molar-refractivity contribution < 1.29 is 27.9 Å². The zero-order valence-electron chi connectivity index (χ0n) is 10.6. The van der Waals surface area contributed by atoms with Crippen LogP contribution in [0.2, 0.25) is 0 Å². The molecule has 20 heavy (non-hydrogen) atoms. The van der Waals surface area contributed by atoms with Crippen LogP contribution in [0.3, 0.4) is 0 Å². The predicted octanol–water partition coefficient (Wildman–Crippen LogP) is 2.04. The second kappa shape index (κ2) is 6.36. The highest BCUT2D eigenvalue weighted by molar-refractivity contribution is 5.97. The molecule has 0 radical (unpaired) electrons. The van der Waals surface area contributed by atoms with Gasteiger partial charge in [0.25, 0.3) is 5.91 Å². The summed E-state index contributed by atoms with van der Waals surface area (Å²) in [6, 6.07) is 0.940. The Labute approximate surface area is 113 Å². The number of hydrogen-bond acceptors (Lipinski definition) is 3. The monoisotopic (exact) mass is 290 g/mol. The first-order valence-corrected chi connectivity index (χ1v) is 5.79. The minimum Gasteiger partial charge on any atom is -0.480 e. The molecule has 1 heterocycles. The zero-order valence-corrected chi connectivity index (χ0v) is 10.6. The van der Waals surface area contributed by atoms with Crippen molar-refractivity contribution >= 4 is 11.9 Å². The molecule has 0 atom stereocenters. The summed E-state index contributed by atoms with van der Waals surface area (Å²) < 4.78 is 38.4. The van der Waals surface area contributed by atoms with Gasteiger partial charge in [-0.05, 0) is 12.5 Å². The molecular formula is C12H13F3N2O3. The molecule has 0 bridgehead atoms. The molecule has 0 unspecified atom stereocenters. The molecular weight excluding hydrogens is 277 g/mol. The van der Waals surface area contributed by atoms with E-state index >= 15 is 0 Å². The second-order valence-corrected chi connectivity index (χ2v) is 4.04. The Balaban J connectivity index is 3.15. The van der Waals surface area contributed by atoms with Crippen molar-refractivity contribution in [3.63, 3.8) is 0 Å². The van der Waals surface area contributed by atoms with Crippen LogP contribution in [0, 0.1) is 0 Å². The highest BCUT2D eigenvalue weighted by atomic mass is 19.4. The summed E-state index contributed by atoms with van der Waals surface area (Å²) >= 11 is 0. The summed E-state index contributed by atoms with van der Waals surface area (Å²) in [7, 11) is 0. The Kier molecular flexibility index (Phi) is 5.06. The van der Waals surface area contributed by atoms with Gasteiger partial charge in [-0.15, -0.1) is 0 Å². The molecule has 110 valence electrons. The minimum absolute atomic E-state index is 0.0603. The lowest BCUT2D eigenvalue weighted by atomic mass is 10.1. The Hall–Kier alpha value is -2.12. The molecule has 0 spiro atoms. The molecule has 0 fully saturated rings. The van der Waals surface area contributed by atoms with Gasteiger partial charge in [-0.2, -0.15) is 13.2 Å². The van der Waals surface area contributed by atoms with Crippen LogP contribution in [-0.2, 0) is 11.0 Å². The maximum absolute atomic E-state index is 12.8. The lowest BCUT2D eigenvalue weighted by Gasteiger charge is -2.21. The number of amides is 1. The normalized spacial score (nSPS) is 11.2. The van der Waals surface area contributed by atoms with Gasteiger partial charge in [0.15, 0.2) is 0 Å². The Morgan fingerprint density at radius 3 is 2.55 bits per heavy atom. The summed E-state index contributed by atoms with van der Waals surface area (Å²) in [6.45, 7) is 1.11. The Morgan fingerprint density at radius 1 is 1.40 bits per heavy atom.